The summed E-state index contributed by atoms with van der Waals surface area (Å²) in [7, 11) is 0. The van der Waals surface area contributed by atoms with Crippen molar-refractivity contribution in [3.8, 4) is 5.75 Å². The zero-order chi connectivity index (χ0) is 13.0. The van der Waals surface area contributed by atoms with Gasteiger partial charge in [0.25, 0.3) is 0 Å². The van der Waals surface area contributed by atoms with Gasteiger partial charge in [0.1, 0.15) is 11.6 Å². The summed E-state index contributed by atoms with van der Waals surface area (Å²) in [6, 6.07) is 4.45. The van der Waals surface area contributed by atoms with E-state index in [9.17, 15) is 8.78 Å². The average molecular weight is 256 g/mol. The fourth-order valence-electron chi connectivity index (χ4n) is 1.99. The number of ether oxygens (including phenoxy) is 2. The molecule has 4 heteroatoms. The van der Waals surface area contributed by atoms with Crippen molar-refractivity contribution in [2.24, 2.45) is 0 Å². The fourth-order valence-corrected chi connectivity index (χ4v) is 1.99. The lowest BCUT2D eigenvalue weighted by Gasteiger charge is -2.17. The van der Waals surface area contributed by atoms with Crippen LogP contribution in [0.15, 0.2) is 18.2 Å². The highest BCUT2D eigenvalue weighted by Crippen LogP contribution is 2.25. The number of alkyl halides is 1. The largest absolute Gasteiger partial charge is 0.484 e. The van der Waals surface area contributed by atoms with E-state index < -0.39 is 12.3 Å². The van der Waals surface area contributed by atoms with Crippen molar-refractivity contribution >= 4 is 0 Å². The molecule has 2 unspecified atom stereocenters. The molecule has 2 nitrogen and oxygen atoms in total. The van der Waals surface area contributed by atoms with Gasteiger partial charge in [-0.2, -0.15) is 0 Å². The van der Waals surface area contributed by atoms with Crippen LogP contribution in [0, 0.1) is 5.82 Å². The van der Waals surface area contributed by atoms with E-state index in [0.29, 0.717) is 5.75 Å². The first-order chi connectivity index (χ1) is 8.70. The molecule has 1 aromatic rings. The third kappa shape index (κ3) is 3.19. The van der Waals surface area contributed by atoms with Crippen molar-refractivity contribution in [2.45, 2.75) is 38.5 Å². The zero-order valence-electron chi connectivity index (χ0n) is 10.5. The molecular weight excluding hydrogens is 238 g/mol. The molecule has 0 saturated carbocycles. The van der Waals surface area contributed by atoms with Crippen LogP contribution in [0.1, 0.15) is 25.3 Å². The molecule has 0 aliphatic carbocycles. The van der Waals surface area contributed by atoms with E-state index in [4.69, 9.17) is 9.47 Å². The van der Waals surface area contributed by atoms with Crippen LogP contribution in [0.5, 0.6) is 5.75 Å². The molecule has 1 heterocycles. The molecule has 1 aromatic carbocycles. The van der Waals surface area contributed by atoms with Crippen LogP contribution in [0.25, 0.3) is 0 Å². The topological polar surface area (TPSA) is 18.5 Å². The third-order valence-electron chi connectivity index (χ3n) is 3.07. The Kier molecular flexibility index (Phi) is 4.53. The van der Waals surface area contributed by atoms with Crippen molar-refractivity contribution in [2.75, 3.05) is 13.2 Å². The second kappa shape index (κ2) is 6.14. The van der Waals surface area contributed by atoms with E-state index in [1.807, 2.05) is 0 Å². The Hall–Kier alpha value is -1.16. The molecule has 2 atom stereocenters. The summed E-state index contributed by atoms with van der Waals surface area (Å²) in [4.78, 5) is 0. The monoisotopic (exact) mass is 256 g/mol. The summed E-state index contributed by atoms with van der Waals surface area (Å²) < 4.78 is 37.2. The quantitative estimate of drug-likeness (QED) is 0.805. The Morgan fingerprint density at radius 2 is 2.22 bits per heavy atom. The second-order valence-electron chi connectivity index (χ2n) is 4.57. The van der Waals surface area contributed by atoms with Crippen molar-refractivity contribution < 1.29 is 18.3 Å². The minimum atomic E-state index is -1.13. The highest BCUT2D eigenvalue weighted by Gasteiger charge is 2.30. The lowest BCUT2D eigenvalue weighted by molar-refractivity contribution is 0.127. The lowest BCUT2D eigenvalue weighted by Crippen LogP contribution is -2.27. The summed E-state index contributed by atoms with van der Waals surface area (Å²) in [5, 5.41) is 0. The predicted molar refractivity (Wildman–Crippen MR) is 65.1 cm³/mol. The highest BCUT2D eigenvalue weighted by molar-refractivity contribution is 5.34. The number of aryl methyl sites for hydroxylation is 1. The fraction of sp³-hybridized carbons (Fsp3) is 0.571. The average Bonchev–Trinajstić information content (AvgIpc) is 2.74. The molecule has 1 aliphatic rings. The van der Waals surface area contributed by atoms with E-state index >= 15 is 0 Å². The molecule has 1 fully saturated rings. The Morgan fingerprint density at radius 1 is 1.39 bits per heavy atom. The minimum absolute atomic E-state index is 0.0598. The lowest BCUT2D eigenvalue weighted by atomic mass is 10.1. The number of rotatable bonds is 5. The van der Waals surface area contributed by atoms with E-state index in [1.165, 1.54) is 12.1 Å². The SMILES string of the molecule is CCCCc1ccc(F)cc1OC1COCC1F. The number of unbranched alkanes of at least 4 members (excludes halogenated alkanes) is 1. The summed E-state index contributed by atoms with van der Waals surface area (Å²) in [5.74, 6) is 0.0844. The number of halogens is 2. The van der Waals surface area contributed by atoms with Gasteiger partial charge < -0.3 is 9.47 Å². The van der Waals surface area contributed by atoms with Crippen LogP contribution >= 0.6 is 0 Å². The maximum atomic E-state index is 13.4. The smallest absolute Gasteiger partial charge is 0.162 e. The van der Waals surface area contributed by atoms with Gasteiger partial charge in [-0.1, -0.05) is 19.4 Å². The Balaban J connectivity index is 2.11. The Morgan fingerprint density at radius 3 is 2.89 bits per heavy atom. The summed E-state index contributed by atoms with van der Waals surface area (Å²) in [6.45, 7) is 2.38. The van der Waals surface area contributed by atoms with Gasteiger partial charge in [-0.25, -0.2) is 8.78 Å². The van der Waals surface area contributed by atoms with Gasteiger partial charge in [0.2, 0.25) is 0 Å². The molecule has 0 aromatic heterocycles. The molecule has 1 aliphatic heterocycles. The summed E-state index contributed by atoms with van der Waals surface area (Å²) in [6.07, 6.45) is 1.12. The van der Waals surface area contributed by atoms with Crippen LogP contribution in [-0.2, 0) is 11.2 Å². The van der Waals surface area contributed by atoms with Gasteiger partial charge in [-0.3, -0.25) is 0 Å². The first-order valence-electron chi connectivity index (χ1n) is 6.37. The maximum Gasteiger partial charge on any atom is 0.162 e. The van der Waals surface area contributed by atoms with Gasteiger partial charge in [0.05, 0.1) is 13.2 Å². The maximum absolute atomic E-state index is 13.4. The zero-order valence-corrected chi connectivity index (χ0v) is 10.5. The van der Waals surface area contributed by atoms with Crippen molar-refractivity contribution in [3.63, 3.8) is 0 Å². The van der Waals surface area contributed by atoms with Crippen molar-refractivity contribution in [1.29, 1.82) is 0 Å². The van der Waals surface area contributed by atoms with Gasteiger partial charge in [-0.15, -0.1) is 0 Å². The molecule has 0 bridgehead atoms. The Bertz CT molecular complexity index is 395. The van der Waals surface area contributed by atoms with Crippen LogP contribution in [-0.4, -0.2) is 25.5 Å². The van der Waals surface area contributed by atoms with E-state index in [1.54, 1.807) is 6.07 Å². The van der Waals surface area contributed by atoms with Crippen molar-refractivity contribution in [1.82, 2.24) is 0 Å². The molecule has 0 spiro atoms. The van der Waals surface area contributed by atoms with Gasteiger partial charge in [0.15, 0.2) is 12.3 Å². The molecule has 0 N–H and O–H groups in total. The first-order valence-corrected chi connectivity index (χ1v) is 6.37. The first kappa shape index (κ1) is 13.3. The predicted octanol–water partition coefficient (Wildman–Crippen LogP) is 3.28. The molecule has 18 heavy (non-hydrogen) atoms. The summed E-state index contributed by atoms with van der Waals surface area (Å²) in [5.41, 5.74) is 0.928. The number of hydrogen-bond donors (Lipinski definition) is 0. The normalized spacial score (nSPS) is 23.3. The van der Waals surface area contributed by atoms with Crippen molar-refractivity contribution in [3.05, 3.63) is 29.6 Å². The highest BCUT2D eigenvalue weighted by atomic mass is 19.1. The van der Waals surface area contributed by atoms with E-state index in [-0.39, 0.29) is 19.0 Å². The van der Waals surface area contributed by atoms with Crippen LogP contribution in [0.2, 0.25) is 0 Å². The molecule has 100 valence electrons. The number of hydrogen-bond acceptors (Lipinski definition) is 2. The third-order valence-corrected chi connectivity index (χ3v) is 3.07. The van der Waals surface area contributed by atoms with Gasteiger partial charge in [-0.05, 0) is 24.5 Å². The standard InChI is InChI=1S/C14H18F2O2/c1-2-3-4-10-5-6-11(15)7-13(10)18-14-9-17-8-12(14)16/h5-7,12,14H,2-4,8-9H2,1H3. The van der Waals surface area contributed by atoms with E-state index in [2.05, 4.69) is 6.92 Å². The minimum Gasteiger partial charge on any atom is -0.484 e. The Labute approximate surface area is 106 Å². The molecule has 1 saturated heterocycles. The number of benzene rings is 1. The van der Waals surface area contributed by atoms with E-state index in [0.717, 1.165) is 24.8 Å². The second-order valence-corrected chi connectivity index (χ2v) is 4.57. The molecule has 0 radical (unpaired) electrons. The summed E-state index contributed by atoms with van der Waals surface area (Å²) >= 11 is 0. The molecule has 2 rings (SSSR count). The van der Waals surface area contributed by atoms with Gasteiger partial charge >= 0.3 is 0 Å². The van der Waals surface area contributed by atoms with Crippen LogP contribution in [0.4, 0.5) is 8.78 Å². The molecule has 0 amide bonds. The molecular formula is C14H18F2O2. The van der Waals surface area contributed by atoms with Crippen LogP contribution in [0.3, 0.4) is 0 Å². The van der Waals surface area contributed by atoms with Crippen LogP contribution < -0.4 is 4.74 Å². The van der Waals surface area contributed by atoms with Gasteiger partial charge in [0, 0.05) is 6.07 Å².